The van der Waals surface area contributed by atoms with Gasteiger partial charge in [0.05, 0.1) is 19.3 Å². The van der Waals surface area contributed by atoms with Crippen LogP contribution in [0.15, 0.2) is 0 Å². The van der Waals surface area contributed by atoms with E-state index in [1.165, 1.54) is 0 Å². The predicted octanol–water partition coefficient (Wildman–Crippen LogP) is 0.110. The summed E-state index contributed by atoms with van der Waals surface area (Å²) in [5, 5.41) is 2.27. The third kappa shape index (κ3) is 3.39. The number of hydrazine groups is 1. The zero-order valence-electron chi connectivity index (χ0n) is 10.8. The Kier molecular flexibility index (Phi) is 4.76. The molecular formula is C12H25N3O2. The SMILES string of the molecule is COC1CCC(CN)(NN2CCOCC2)CC1. The summed E-state index contributed by atoms with van der Waals surface area (Å²) < 4.78 is 10.8. The van der Waals surface area contributed by atoms with Gasteiger partial charge in [0.2, 0.25) is 0 Å². The minimum Gasteiger partial charge on any atom is -0.381 e. The Labute approximate surface area is 104 Å². The first kappa shape index (κ1) is 13.2. The molecule has 3 N–H and O–H groups in total. The van der Waals surface area contributed by atoms with Crippen LogP contribution < -0.4 is 11.2 Å². The number of morpholine rings is 1. The molecule has 0 radical (unpaired) electrons. The van der Waals surface area contributed by atoms with Gasteiger partial charge < -0.3 is 15.2 Å². The van der Waals surface area contributed by atoms with E-state index >= 15 is 0 Å². The number of hydrogen-bond donors (Lipinski definition) is 2. The van der Waals surface area contributed by atoms with Crippen LogP contribution in [0.1, 0.15) is 25.7 Å². The Bertz CT molecular complexity index is 224. The van der Waals surface area contributed by atoms with Crippen LogP contribution in [0.5, 0.6) is 0 Å². The van der Waals surface area contributed by atoms with Crippen LogP contribution in [-0.2, 0) is 9.47 Å². The number of nitrogens with zero attached hydrogens (tertiary/aromatic N) is 1. The Morgan fingerprint density at radius 2 is 2.00 bits per heavy atom. The smallest absolute Gasteiger partial charge is 0.0608 e. The highest BCUT2D eigenvalue weighted by Crippen LogP contribution is 2.29. The van der Waals surface area contributed by atoms with Crippen molar-refractivity contribution in [3.63, 3.8) is 0 Å². The van der Waals surface area contributed by atoms with Gasteiger partial charge in [0.15, 0.2) is 0 Å². The minimum atomic E-state index is 0.0758. The van der Waals surface area contributed by atoms with Crippen LogP contribution in [0, 0.1) is 0 Å². The summed E-state index contributed by atoms with van der Waals surface area (Å²) >= 11 is 0. The zero-order valence-corrected chi connectivity index (χ0v) is 10.8. The second-order valence-corrected chi connectivity index (χ2v) is 5.13. The van der Waals surface area contributed by atoms with Crippen molar-refractivity contribution in [2.75, 3.05) is 40.0 Å². The maximum atomic E-state index is 5.98. The third-order valence-electron chi connectivity index (χ3n) is 4.02. The Morgan fingerprint density at radius 3 is 2.53 bits per heavy atom. The summed E-state index contributed by atoms with van der Waals surface area (Å²) in [6.45, 7) is 4.23. The molecule has 5 heteroatoms. The summed E-state index contributed by atoms with van der Waals surface area (Å²) in [6.07, 6.45) is 4.82. The fourth-order valence-corrected chi connectivity index (χ4v) is 2.75. The van der Waals surface area contributed by atoms with Crippen molar-refractivity contribution in [2.45, 2.75) is 37.3 Å². The van der Waals surface area contributed by atoms with E-state index in [9.17, 15) is 0 Å². The summed E-state index contributed by atoms with van der Waals surface area (Å²) in [4.78, 5) is 0. The van der Waals surface area contributed by atoms with Crippen LogP contribution in [0.2, 0.25) is 0 Å². The third-order valence-corrected chi connectivity index (χ3v) is 4.02. The fraction of sp³-hybridized carbons (Fsp3) is 1.00. The van der Waals surface area contributed by atoms with E-state index in [1.54, 1.807) is 7.11 Å². The van der Waals surface area contributed by atoms with Crippen LogP contribution in [0.3, 0.4) is 0 Å². The predicted molar refractivity (Wildman–Crippen MR) is 66.6 cm³/mol. The van der Waals surface area contributed by atoms with E-state index in [-0.39, 0.29) is 5.54 Å². The first-order chi connectivity index (χ1) is 8.28. The summed E-state index contributed by atoms with van der Waals surface area (Å²) in [7, 11) is 1.80. The highest BCUT2D eigenvalue weighted by atomic mass is 16.5. The van der Waals surface area contributed by atoms with Gasteiger partial charge >= 0.3 is 0 Å². The van der Waals surface area contributed by atoms with Crippen molar-refractivity contribution >= 4 is 0 Å². The first-order valence-electron chi connectivity index (χ1n) is 6.61. The Hall–Kier alpha value is -0.200. The number of nitrogens with one attached hydrogen (secondary N) is 1. The lowest BCUT2D eigenvalue weighted by Crippen LogP contribution is -2.62. The summed E-state index contributed by atoms with van der Waals surface area (Å²) in [5.41, 5.74) is 9.70. The molecule has 100 valence electrons. The van der Waals surface area contributed by atoms with E-state index in [2.05, 4.69) is 10.4 Å². The lowest BCUT2D eigenvalue weighted by atomic mass is 9.81. The number of ether oxygens (including phenoxy) is 2. The maximum Gasteiger partial charge on any atom is 0.0608 e. The van der Waals surface area contributed by atoms with Crippen molar-refractivity contribution in [1.29, 1.82) is 0 Å². The molecule has 0 amide bonds. The van der Waals surface area contributed by atoms with E-state index in [4.69, 9.17) is 15.2 Å². The molecule has 1 saturated heterocycles. The minimum absolute atomic E-state index is 0.0758. The topological polar surface area (TPSA) is 59.8 Å². The molecule has 2 rings (SSSR count). The van der Waals surface area contributed by atoms with E-state index in [0.29, 0.717) is 12.6 Å². The second-order valence-electron chi connectivity index (χ2n) is 5.13. The van der Waals surface area contributed by atoms with Gasteiger partial charge in [-0.2, -0.15) is 0 Å². The quantitative estimate of drug-likeness (QED) is 0.734. The lowest BCUT2D eigenvalue weighted by Gasteiger charge is -2.44. The van der Waals surface area contributed by atoms with Gasteiger partial charge in [-0.05, 0) is 25.7 Å². The fourth-order valence-electron chi connectivity index (χ4n) is 2.75. The van der Waals surface area contributed by atoms with Crippen LogP contribution in [0.25, 0.3) is 0 Å². The van der Waals surface area contributed by atoms with Gasteiger partial charge in [0, 0.05) is 32.3 Å². The average Bonchev–Trinajstić information content (AvgIpc) is 2.41. The number of methoxy groups -OCH3 is 1. The van der Waals surface area contributed by atoms with E-state index < -0.39 is 0 Å². The lowest BCUT2D eigenvalue weighted by molar-refractivity contribution is -0.0322. The molecule has 0 aromatic rings. The molecule has 1 heterocycles. The average molecular weight is 243 g/mol. The molecule has 1 aliphatic carbocycles. The molecule has 0 unspecified atom stereocenters. The van der Waals surface area contributed by atoms with Crippen LogP contribution in [-0.4, -0.2) is 56.6 Å². The molecule has 2 fully saturated rings. The number of nitrogens with two attached hydrogens (primary N) is 1. The Balaban J connectivity index is 1.86. The molecule has 0 spiro atoms. The highest BCUT2D eigenvalue weighted by Gasteiger charge is 2.35. The summed E-state index contributed by atoms with van der Waals surface area (Å²) in [5.74, 6) is 0. The van der Waals surface area contributed by atoms with Gasteiger partial charge in [-0.3, -0.25) is 0 Å². The van der Waals surface area contributed by atoms with E-state index in [1.807, 2.05) is 0 Å². The molecule has 5 nitrogen and oxygen atoms in total. The van der Waals surface area contributed by atoms with Crippen molar-refractivity contribution in [3.8, 4) is 0 Å². The van der Waals surface area contributed by atoms with Gasteiger partial charge in [-0.25, -0.2) is 10.4 Å². The van der Waals surface area contributed by atoms with Crippen molar-refractivity contribution < 1.29 is 9.47 Å². The molecule has 1 saturated carbocycles. The van der Waals surface area contributed by atoms with Gasteiger partial charge in [-0.15, -0.1) is 0 Å². The van der Waals surface area contributed by atoms with Crippen molar-refractivity contribution in [2.24, 2.45) is 5.73 Å². The van der Waals surface area contributed by atoms with Gasteiger partial charge in [0.25, 0.3) is 0 Å². The molecule has 2 aliphatic rings. The first-order valence-corrected chi connectivity index (χ1v) is 6.61. The van der Waals surface area contributed by atoms with Gasteiger partial charge in [0.1, 0.15) is 0 Å². The largest absolute Gasteiger partial charge is 0.381 e. The molecular weight excluding hydrogens is 218 g/mol. The maximum absolute atomic E-state index is 5.98. The molecule has 0 atom stereocenters. The second kappa shape index (κ2) is 6.11. The molecule has 17 heavy (non-hydrogen) atoms. The van der Waals surface area contributed by atoms with Gasteiger partial charge in [-0.1, -0.05) is 0 Å². The van der Waals surface area contributed by atoms with Crippen molar-refractivity contribution in [3.05, 3.63) is 0 Å². The normalized spacial score (nSPS) is 36.0. The zero-order chi connectivity index (χ0) is 12.1. The molecule has 0 bridgehead atoms. The highest BCUT2D eigenvalue weighted by molar-refractivity contribution is 4.93. The Morgan fingerprint density at radius 1 is 1.35 bits per heavy atom. The number of rotatable bonds is 4. The molecule has 1 aliphatic heterocycles. The number of hydrogen-bond acceptors (Lipinski definition) is 5. The monoisotopic (exact) mass is 243 g/mol. The molecule has 0 aromatic heterocycles. The summed E-state index contributed by atoms with van der Waals surface area (Å²) in [6, 6.07) is 0. The van der Waals surface area contributed by atoms with E-state index in [0.717, 1.165) is 52.0 Å². The van der Waals surface area contributed by atoms with Crippen molar-refractivity contribution in [1.82, 2.24) is 10.4 Å². The van der Waals surface area contributed by atoms with Crippen LogP contribution >= 0.6 is 0 Å². The standard InChI is InChI=1S/C12H25N3O2/c1-16-11-2-4-12(10-13,5-3-11)14-15-6-8-17-9-7-15/h11,14H,2-10,13H2,1H3. The molecule has 0 aromatic carbocycles. The van der Waals surface area contributed by atoms with Crippen LogP contribution in [0.4, 0.5) is 0 Å².